The second-order valence-electron chi connectivity index (χ2n) is 6.62. The van der Waals surface area contributed by atoms with Crippen molar-refractivity contribution in [2.45, 2.75) is 26.4 Å². The fourth-order valence-corrected chi connectivity index (χ4v) is 2.85. The van der Waals surface area contributed by atoms with Gasteiger partial charge in [-0.2, -0.15) is 13.2 Å². The molecule has 0 atom stereocenters. The van der Waals surface area contributed by atoms with E-state index in [1.54, 1.807) is 0 Å². The standard InChI is InChI=1S/C21H18F3NO4/c1-12-7-15-14(10-28-18(15)8-13(12)2)9-20(27)29-11-19(26)25-17-6-4-3-5-16(17)21(22,23)24/h3-8,10H,9,11H2,1-2H3,(H,25,26). The minimum absolute atomic E-state index is 0.123. The van der Waals surface area contributed by atoms with Crippen molar-refractivity contribution < 1.29 is 31.9 Å². The van der Waals surface area contributed by atoms with Gasteiger partial charge in [0, 0.05) is 10.9 Å². The number of anilines is 1. The SMILES string of the molecule is Cc1cc2occ(CC(=O)OCC(=O)Nc3ccccc3C(F)(F)F)c2cc1C. The molecular weight excluding hydrogens is 387 g/mol. The van der Waals surface area contributed by atoms with Crippen molar-refractivity contribution in [1.82, 2.24) is 0 Å². The van der Waals surface area contributed by atoms with Crippen LogP contribution in [-0.2, 0) is 26.9 Å². The Morgan fingerprint density at radius 3 is 2.52 bits per heavy atom. The second-order valence-corrected chi connectivity index (χ2v) is 6.62. The third kappa shape index (κ3) is 4.77. The number of carbonyl (C=O) groups is 2. The highest BCUT2D eigenvalue weighted by Crippen LogP contribution is 2.34. The van der Waals surface area contributed by atoms with Gasteiger partial charge in [-0.1, -0.05) is 12.1 Å². The minimum Gasteiger partial charge on any atom is -0.464 e. The van der Waals surface area contributed by atoms with E-state index < -0.39 is 35.9 Å². The summed E-state index contributed by atoms with van der Waals surface area (Å²) in [7, 11) is 0. The predicted molar refractivity (Wildman–Crippen MR) is 100 cm³/mol. The molecule has 3 rings (SSSR count). The number of hydrogen-bond acceptors (Lipinski definition) is 4. The van der Waals surface area contributed by atoms with Gasteiger partial charge in [-0.05, 0) is 49.2 Å². The number of benzene rings is 2. The normalized spacial score (nSPS) is 11.5. The van der Waals surface area contributed by atoms with E-state index in [0.29, 0.717) is 11.1 Å². The third-order valence-electron chi connectivity index (χ3n) is 4.48. The van der Waals surface area contributed by atoms with Crippen LogP contribution in [-0.4, -0.2) is 18.5 Å². The average Bonchev–Trinajstić information content (AvgIpc) is 3.01. The number of halogens is 3. The Kier molecular flexibility index (Phi) is 5.63. The first-order valence-electron chi connectivity index (χ1n) is 8.74. The summed E-state index contributed by atoms with van der Waals surface area (Å²) >= 11 is 0. The van der Waals surface area contributed by atoms with Crippen molar-refractivity contribution in [1.29, 1.82) is 0 Å². The Bertz CT molecular complexity index is 1070. The molecule has 0 saturated heterocycles. The van der Waals surface area contributed by atoms with E-state index in [0.717, 1.165) is 28.6 Å². The smallest absolute Gasteiger partial charge is 0.418 e. The molecule has 0 aliphatic rings. The highest BCUT2D eigenvalue weighted by molar-refractivity contribution is 5.94. The number of carbonyl (C=O) groups excluding carboxylic acids is 2. The van der Waals surface area contributed by atoms with E-state index in [1.165, 1.54) is 18.4 Å². The molecule has 0 saturated carbocycles. The lowest BCUT2D eigenvalue weighted by Crippen LogP contribution is -2.23. The van der Waals surface area contributed by atoms with Gasteiger partial charge in [-0.15, -0.1) is 0 Å². The Labute approximate surface area is 164 Å². The Morgan fingerprint density at radius 2 is 1.79 bits per heavy atom. The van der Waals surface area contributed by atoms with Crippen molar-refractivity contribution in [3.05, 3.63) is 64.9 Å². The van der Waals surface area contributed by atoms with Gasteiger partial charge in [0.05, 0.1) is 23.9 Å². The first kappa shape index (κ1) is 20.4. The molecule has 8 heteroatoms. The zero-order valence-electron chi connectivity index (χ0n) is 15.7. The highest BCUT2D eigenvalue weighted by Gasteiger charge is 2.33. The zero-order valence-corrected chi connectivity index (χ0v) is 15.7. The van der Waals surface area contributed by atoms with Crippen molar-refractivity contribution in [3.63, 3.8) is 0 Å². The molecule has 0 aliphatic heterocycles. The summed E-state index contributed by atoms with van der Waals surface area (Å²) in [6.45, 7) is 3.19. The fraction of sp³-hybridized carbons (Fsp3) is 0.238. The topological polar surface area (TPSA) is 68.5 Å². The number of aryl methyl sites for hydroxylation is 2. The van der Waals surface area contributed by atoms with Gasteiger partial charge >= 0.3 is 12.1 Å². The molecule has 1 heterocycles. The number of ether oxygens (including phenoxy) is 1. The van der Waals surface area contributed by atoms with Gasteiger partial charge in [0.1, 0.15) is 5.58 Å². The van der Waals surface area contributed by atoms with E-state index in [9.17, 15) is 22.8 Å². The predicted octanol–water partition coefficient (Wildman–Crippen LogP) is 4.79. The third-order valence-corrected chi connectivity index (χ3v) is 4.48. The van der Waals surface area contributed by atoms with Gasteiger partial charge in [-0.3, -0.25) is 9.59 Å². The number of hydrogen-bond donors (Lipinski definition) is 1. The maximum absolute atomic E-state index is 13.0. The van der Waals surface area contributed by atoms with Gasteiger partial charge < -0.3 is 14.5 Å². The van der Waals surface area contributed by atoms with Crippen LogP contribution in [0.5, 0.6) is 0 Å². The van der Waals surface area contributed by atoms with Crippen LogP contribution in [0.2, 0.25) is 0 Å². The molecular formula is C21H18F3NO4. The molecule has 2 aromatic carbocycles. The maximum Gasteiger partial charge on any atom is 0.418 e. The largest absolute Gasteiger partial charge is 0.464 e. The zero-order chi connectivity index (χ0) is 21.2. The Hall–Kier alpha value is -3.29. The lowest BCUT2D eigenvalue weighted by molar-refractivity contribution is -0.146. The lowest BCUT2D eigenvalue weighted by Gasteiger charge is -2.13. The van der Waals surface area contributed by atoms with Crippen molar-refractivity contribution in [2.75, 3.05) is 11.9 Å². The van der Waals surface area contributed by atoms with E-state index in [4.69, 9.17) is 9.15 Å². The summed E-state index contributed by atoms with van der Waals surface area (Å²) in [5.74, 6) is -1.55. The fourth-order valence-electron chi connectivity index (χ4n) is 2.85. The first-order chi connectivity index (χ1) is 13.6. The highest BCUT2D eigenvalue weighted by atomic mass is 19.4. The quantitative estimate of drug-likeness (QED) is 0.620. The van der Waals surface area contributed by atoms with Crippen molar-refractivity contribution >= 4 is 28.5 Å². The van der Waals surface area contributed by atoms with Crippen molar-refractivity contribution in [3.8, 4) is 0 Å². The van der Waals surface area contributed by atoms with Gasteiger partial charge in [0.2, 0.25) is 0 Å². The van der Waals surface area contributed by atoms with Crippen LogP contribution < -0.4 is 5.32 Å². The van der Waals surface area contributed by atoms with Crippen LogP contribution in [0.25, 0.3) is 11.0 Å². The van der Waals surface area contributed by atoms with E-state index >= 15 is 0 Å². The molecule has 0 fully saturated rings. The van der Waals surface area contributed by atoms with Gasteiger partial charge in [-0.25, -0.2) is 0 Å². The number of rotatable bonds is 5. The average molecular weight is 405 g/mol. The Morgan fingerprint density at radius 1 is 1.10 bits per heavy atom. The van der Waals surface area contributed by atoms with Crippen molar-refractivity contribution in [2.24, 2.45) is 0 Å². The lowest BCUT2D eigenvalue weighted by atomic mass is 10.0. The summed E-state index contributed by atoms with van der Waals surface area (Å²) < 4.78 is 49.2. The second kappa shape index (κ2) is 7.98. The van der Waals surface area contributed by atoms with E-state index in [2.05, 4.69) is 5.32 Å². The van der Waals surface area contributed by atoms with Crippen LogP contribution in [0.1, 0.15) is 22.3 Å². The van der Waals surface area contributed by atoms with Crippen LogP contribution in [0.4, 0.5) is 18.9 Å². The molecule has 152 valence electrons. The number of nitrogens with one attached hydrogen (secondary N) is 1. The number of alkyl halides is 3. The summed E-state index contributed by atoms with van der Waals surface area (Å²) in [5.41, 5.74) is 1.96. The molecule has 0 spiro atoms. The van der Waals surface area contributed by atoms with E-state index in [-0.39, 0.29) is 6.42 Å². The molecule has 0 aliphatic carbocycles. The molecule has 1 amide bonds. The molecule has 1 aromatic heterocycles. The van der Waals surface area contributed by atoms with Crippen LogP contribution >= 0.6 is 0 Å². The first-order valence-corrected chi connectivity index (χ1v) is 8.74. The van der Waals surface area contributed by atoms with Crippen LogP contribution in [0.15, 0.2) is 47.1 Å². The van der Waals surface area contributed by atoms with E-state index in [1.807, 2.05) is 26.0 Å². The Balaban J connectivity index is 1.60. The molecule has 0 unspecified atom stereocenters. The number of para-hydroxylation sites is 1. The molecule has 5 nitrogen and oxygen atoms in total. The minimum atomic E-state index is -4.61. The molecule has 1 N–H and O–H groups in total. The number of amides is 1. The maximum atomic E-state index is 13.0. The molecule has 29 heavy (non-hydrogen) atoms. The van der Waals surface area contributed by atoms with Gasteiger partial charge in [0.25, 0.3) is 5.91 Å². The molecule has 0 radical (unpaired) electrons. The summed E-state index contributed by atoms with van der Waals surface area (Å²) in [6.07, 6.45) is -3.29. The number of esters is 1. The van der Waals surface area contributed by atoms with Gasteiger partial charge in [0.15, 0.2) is 6.61 Å². The van der Waals surface area contributed by atoms with Crippen LogP contribution in [0.3, 0.4) is 0 Å². The molecule has 0 bridgehead atoms. The summed E-state index contributed by atoms with van der Waals surface area (Å²) in [6, 6.07) is 8.34. The molecule has 3 aromatic rings. The summed E-state index contributed by atoms with van der Waals surface area (Å²) in [5, 5.41) is 2.89. The number of fused-ring (bicyclic) bond motifs is 1. The number of furan rings is 1. The van der Waals surface area contributed by atoms with Crippen LogP contribution in [0, 0.1) is 13.8 Å². The summed E-state index contributed by atoms with van der Waals surface area (Å²) in [4.78, 5) is 24.0. The monoisotopic (exact) mass is 405 g/mol.